The van der Waals surface area contributed by atoms with Crippen molar-refractivity contribution in [1.82, 2.24) is 10.2 Å². The molecule has 0 aliphatic carbocycles. The lowest BCUT2D eigenvalue weighted by molar-refractivity contribution is -0.131. The Morgan fingerprint density at radius 2 is 1.67 bits per heavy atom. The molecule has 3 amide bonds. The fourth-order valence-corrected chi connectivity index (χ4v) is 3.24. The minimum Gasteiger partial charge on any atom is -0.319 e. The van der Waals surface area contributed by atoms with Gasteiger partial charge >= 0.3 is 6.03 Å². The first-order valence-corrected chi connectivity index (χ1v) is 9.01. The Balaban J connectivity index is 1.84. The molecule has 3 rings (SSSR count). The highest BCUT2D eigenvalue weighted by Gasteiger charge is 2.48. The van der Waals surface area contributed by atoms with Gasteiger partial charge in [-0.05, 0) is 43.4 Å². The number of amides is 3. The van der Waals surface area contributed by atoms with Gasteiger partial charge in [-0.25, -0.2) is 4.79 Å². The summed E-state index contributed by atoms with van der Waals surface area (Å²) < 4.78 is 0. The van der Waals surface area contributed by atoms with Crippen LogP contribution in [-0.2, 0) is 16.9 Å². The van der Waals surface area contributed by atoms with Crippen LogP contribution < -0.4 is 5.32 Å². The van der Waals surface area contributed by atoms with Crippen molar-refractivity contribution in [2.24, 2.45) is 0 Å². The van der Waals surface area contributed by atoms with E-state index in [4.69, 9.17) is 0 Å². The molecule has 1 aliphatic rings. The highest BCUT2D eigenvalue weighted by Crippen LogP contribution is 2.30. The molecular formula is C19H20N2O2S. The van der Waals surface area contributed by atoms with Crippen LogP contribution in [0.1, 0.15) is 23.6 Å². The number of nitrogens with zero attached hydrogens (tertiary/aromatic N) is 1. The van der Waals surface area contributed by atoms with Crippen LogP contribution in [0.4, 0.5) is 4.79 Å². The van der Waals surface area contributed by atoms with Crippen molar-refractivity contribution >= 4 is 23.7 Å². The summed E-state index contributed by atoms with van der Waals surface area (Å²) in [6.07, 6.45) is 2.01. The summed E-state index contributed by atoms with van der Waals surface area (Å²) in [5.41, 5.74) is 1.84. The first kappa shape index (κ1) is 16.6. The number of hydrogen-bond donors (Lipinski definition) is 1. The summed E-state index contributed by atoms with van der Waals surface area (Å²) in [5.74, 6) is -0.217. The zero-order valence-corrected chi connectivity index (χ0v) is 14.8. The maximum absolute atomic E-state index is 12.9. The van der Waals surface area contributed by atoms with Gasteiger partial charge in [0.1, 0.15) is 5.54 Å². The molecule has 1 atom stereocenters. The third-order valence-electron chi connectivity index (χ3n) is 4.40. The maximum Gasteiger partial charge on any atom is 0.325 e. The fourth-order valence-electron chi connectivity index (χ4n) is 2.84. The minimum atomic E-state index is -1.01. The van der Waals surface area contributed by atoms with E-state index in [1.54, 1.807) is 18.7 Å². The Morgan fingerprint density at radius 3 is 2.25 bits per heavy atom. The Kier molecular flexibility index (Phi) is 4.37. The van der Waals surface area contributed by atoms with Gasteiger partial charge in [0.25, 0.3) is 5.91 Å². The number of carbonyl (C=O) groups is 2. The van der Waals surface area contributed by atoms with E-state index in [1.807, 2.05) is 61.7 Å². The van der Waals surface area contributed by atoms with Crippen LogP contribution in [0.15, 0.2) is 53.4 Å². The standard InChI is InChI=1S/C19H20N2O2S/c1-13-4-8-15(9-5-13)19(2)17(22)21(18(23)20-19)12-14-6-10-16(24-3)11-7-14/h4-11H,12H2,1-3H3,(H,20,23)/t19-/m0/s1. The van der Waals surface area contributed by atoms with Gasteiger partial charge in [0.2, 0.25) is 0 Å². The Morgan fingerprint density at radius 1 is 1.04 bits per heavy atom. The summed E-state index contributed by atoms with van der Waals surface area (Å²) in [7, 11) is 0. The monoisotopic (exact) mass is 340 g/mol. The smallest absolute Gasteiger partial charge is 0.319 e. The van der Waals surface area contributed by atoms with E-state index >= 15 is 0 Å². The van der Waals surface area contributed by atoms with Crippen LogP contribution in [-0.4, -0.2) is 23.1 Å². The molecule has 1 N–H and O–H groups in total. The number of benzene rings is 2. The Bertz CT molecular complexity index is 771. The molecule has 4 nitrogen and oxygen atoms in total. The van der Waals surface area contributed by atoms with E-state index in [9.17, 15) is 9.59 Å². The second-order valence-electron chi connectivity index (χ2n) is 6.16. The predicted octanol–water partition coefficient (Wildman–Crippen LogP) is 3.68. The quantitative estimate of drug-likeness (QED) is 0.682. The number of nitrogens with one attached hydrogen (secondary N) is 1. The van der Waals surface area contributed by atoms with Gasteiger partial charge in [-0.1, -0.05) is 42.0 Å². The lowest BCUT2D eigenvalue weighted by atomic mass is 9.91. The summed E-state index contributed by atoms with van der Waals surface area (Å²) in [4.78, 5) is 27.7. The normalized spacial score (nSPS) is 20.4. The lowest BCUT2D eigenvalue weighted by Gasteiger charge is -2.22. The summed E-state index contributed by atoms with van der Waals surface area (Å²) in [6.45, 7) is 4.03. The molecule has 0 bridgehead atoms. The van der Waals surface area contributed by atoms with Crippen molar-refractivity contribution in [3.63, 3.8) is 0 Å². The van der Waals surface area contributed by atoms with Crippen molar-refractivity contribution in [2.75, 3.05) is 6.26 Å². The van der Waals surface area contributed by atoms with Crippen molar-refractivity contribution in [3.8, 4) is 0 Å². The number of urea groups is 1. The first-order valence-electron chi connectivity index (χ1n) is 7.78. The number of thioether (sulfide) groups is 1. The molecule has 124 valence electrons. The molecule has 1 saturated heterocycles. The number of aryl methyl sites for hydroxylation is 1. The number of carbonyl (C=O) groups excluding carboxylic acids is 2. The van der Waals surface area contributed by atoms with Crippen LogP contribution in [0.2, 0.25) is 0 Å². The fraction of sp³-hybridized carbons (Fsp3) is 0.263. The molecule has 24 heavy (non-hydrogen) atoms. The molecule has 2 aromatic carbocycles. The summed E-state index contributed by atoms with van der Waals surface area (Å²) in [6, 6.07) is 15.2. The molecule has 1 fully saturated rings. The van der Waals surface area contributed by atoms with Gasteiger partial charge in [0, 0.05) is 4.90 Å². The topological polar surface area (TPSA) is 49.4 Å². The Hall–Kier alpha value is -2.27. The summed E-state index contributed by atoms with van der Waals surface area (Å²) in [5, 5.41) is 2.84. The molecule has 0 radical (unpaired) electrons. The predicted molar refractivity (Wildman–Crippen MR) is 95.8 cm³/mol. The third kappa shape index (κ3) is 2.91. The van der Waals surface area contributed by atoms with Crippen molar-refractivity contribution in [2.45, 2.75) is 30.8 Å². The highest BCUT2D eigenvalue weighted by molar-refractivity contribution is 7.98. The largest absolute Gasteiger partial charge is 0.325 e. The van der Waals surface area contributed by atoms with Gasteiger partial charge in [-0.3, -0.25) is 9.69 Å². The van der Waals surface area contributed by atoms with Gasteiger partial charge in [0.15, 0.2) is 0 Å². The number of imide groups is 1. The third-order valence-corrected chi connectivity index (χ3v) is 5.15. The molecule has 0 spiro atoms. The second kappa shape index (κ2) is 6.32. The van der Waals surface area contributed by atoms with Gasteiger partial charge < -0.3 is 5.32 Å². The van der Waals surface area contributed by atoms with Gasteiger partial charge in [-0.2, -0.15) is 0 Å². The van der Waals surface area contributed by atoms with Crippen molar-refractivity contribution < 1.29 is 9.59 Å². The molecule has 2 aromatic rings. The molecule has 5 heteroatoms. The zero-order valence-electron chi connectivity index (χ0n) is 14.0. The summed E-state index contributed by atoms with van der Waals surface area (Å²) >= 11 is 1.66. The first-order chi connectivity index (χ1) is 11.4. The van der Waals surface area contributed by atoms with Crippen LogP contribution in [0.25, 0.3) is 0 Å². The average Bonchev–Trinajstić information content (AvgIpc) is 2.80. The highest BCUT2D eigenvalue weighted by atomic mass is 32.2. The van der Waals surface area contributed by atoms with Gasteiger partial charge in [0.05, 0.1) is 6.54 Å². The minimum absolute atomic E-state index is 0.217. The molecule has 1 aliphatic heterocycles. The number of rotatable bonds is 4. The van der Waals surface area contributed by atoms with E-state index in [-0.39, 0.29) is 18.5 Å². The molecule has 0 saturated carbocycles. The number of hydrogen-bond acceptors (Lipinski definition) is 3. The average molecular weight is 340 g/mol. The zero-order chi connectivity index (χ0) is 17.3. The maximum atomic E-state index is 12.9. The van der Waals surface area contributed by atoms with Crippen molar-refractivity contribution in [3.05, 3.63) is 65.2 Å². The van der Waals surface area contributed by atoms with Crippen LogP contribution in [0.5, 0.6) is 0 Å². The van der Waals surface area contributed by atoms with E-state index in [2.05, 4.69) is 5.32 Å². The van der Waals surface area contributed by atoms with Crippen molar-refractivity contribution in [1.29, 1.82) is 0 Å². The van der Waals surface area contributed by atoms with Crippen LogP contribution >= 0.6 is 11.8 Å². The van der Waals surface area contributed by atoms with Crippen LogP contribution in [0, 0.1) is 6.92 Å². The Labute approximate surface area is 146 Å². The van der Waals surface area contributed by atoms with E-state index in [0.717, 1.165) is 21.6 Å². The molecule has 0 aromatic heterocycles. The second-order valence-corrected chi connectivity index (χ2v) is 7.04. The lowest BCUT2D eigenvalue weighted by Crippen LogP contribution is -2.40. The van der Waals surface area contributed by atoms with E-state index < -0.39 is 5.54 Å². The van der Waals surface area contributed by atoms with E-state index in [1.165, 1.54) is 4.90 Å². The van der Waals surface area contributed by atoms with E-state index in [0.29, 0.717) is 0 Å². The molecule has 0 unspecified atom stereocenters. The van der Waals surface area contributed by atoms with Gasteiger partial charge in [-0.15, -0.1) is 11.8 Å². The molecular weight excluding hydrogens is 320 g/mol. The SMILES string of the molecule is CSc1ccc(CN2C(=O)N[C@@](C)(c3ccc(C)cc3)C2=O)cc1. The van der Waals surface area contributed by atoms with Crippen LogP contribution in [0.3, 0.4) is 0 Å². The molecule has 1 heterocycles.